The van der Waals surface area contributed by atoms with Crippen LogP contribution in [0.5, 0.6) is 0 Å². The normalized spacial score (nSPS) is 10.3. The molecule has 0 unspecified atom stereocenters. The van der Waals surface area contributed by atoms with Crippen LogP contribution in [-0.4, -0.2) is 22.4 Å². The van der Waals surface area contributed by atoms with Crippen molar-refractivity contribution in [3.05, 3.63) is 47.8 Å². The highest BCUT2D eigenvalue weighted by atomic mass is 16.1. The van der Waals surface area contributed by atoms with Gasteiger partial charge < -0.3 is 10.6 Å². The fourth-order valence-electron chi connectivity index (χ4n) is 2.02. The molecule has 2 N–H and O–H groups in total. The largest absolute Gasteiger partial charge is 0.352 e. The fraction of sp³-hybridized carbons (Fsp3) is 0.353. The van der Waals surface area contributed by atoms with Crippen LogP contribution in [0, 0.1) is 6.92 Å². The van der Waals surface area contributed by atoms with Crippen LogP contribution < -0.4 is 10.6 Å². The summed E-state index contributed by atoms with van der Waals surface area (Å²) in [6.45, 7) is 4.84. The third-order valence-electron chi connectivity index (χ3n) is 3.37. The minimum Gasteiger partial charge on any atom is -0.352 e. The number of nitrogens with zero attached hydrogens (tertiary/aromatic N) is 2. The van der Waals surface area contributed by atoms with Gasteiger partial charge in [0.1, 0.15) is 0 Å². The Morgan fingerprint density at radius 2 is 1.86 bits per heavy atom. The number of hydrogen-bond donors (Lipinski definition) is 2. The minimum atomic E-state index is -0.126. The van der Waals surface area contributed by atoms with Gasteiger partial charge in [-0.3, -0.25) is 4.79 Å². The van der Waals surface area contributed by atoms with E-state index < -0.39 is 0 Å². The molecule has 116 valence electrons. The van der Waals surface area contributed by atoms with E-state index in [0.717, 1.165) is 30.5 Å². The summed E-state index contributed by atoms with van der Waals surface area (Å²) in [6.07, 6.45) is 6.34. The van der Waals surface area contributed by atoms with Gasteiger partial charge >= 0.3 is 0 Å². The lowest BCUT2D eigenvalue weighted by Crippen LogP contribution is -2.24. The lowest BCUT2D eigenvalue weighted by molar-refractivity contribution is 0.0952. The third-order valence-corrected chi connectivity index (χ3v) is 3.37. The summed E-state index contributed by atoms with van der Waals surface area (Å²) in [5.74, 6) is 0.357. The summed E-state index contributed by atoms with van der Waals surface area (Å²) in [5, 5.41) is 6.02. The minimum absolute atomic E-state index is 0.126. The molecule has 1 heterocycles. The van der Waals surface area contributed by atoms with E-state index in [1.54, 1.807) is 12.4 Å². The number of para-hydroxylation sites is 1. The molecule has 0 spiro atoms. The van der Waals surface area contributed by atoms with Crippen molar-refractivity contribution in [3.63, 3.8) is 0 Å². The molecule has 2 aromatic rings. The molecule has 0 saturated heterocycles. The van der Waals surface area contributed by atoms with E-state index in [1.807, 2.05) is 31.2 Å². The Bertz CT molecular complexity index is 610. The molecule has 2 rings (SSSR count). The molecule has 0 aliphatic rings. The molecule has 0 radical (unpaired) electrons. The summed E-state index contributed by atoms with van der Waals surface area (Å²) in [6, 6.07) is 7.91. The molecule has 0 saturated carbocycles. The van der Waals surface area contributed by atoms with E-state index in [9.17, 15) is 4.79 Å². The van der Waals surface area contributed by atoms with E-state index in [1.165, 1.54) is 0 Å². The van der Waals surface area contributed by atoms with Gasteiger partial charge in [-0.15, -0.1) is 0 Å². The highest BCUT2D eigenvalue weighted by Crippen LogP contribution is 2.16. The molecule has 22 heavy (non-hydrogen) atoms. The second-order valence-corrected chi connectivity index (χ2v) is 5.20. The maximum Gasteiger partial charge on any atom is 0.254 e. The van der Waals surface area contributed by atoms with Gasteiger partial charge in [0, 0.05) is 24.6 Å². The Morgan fingerprint density at radius 1 is 1.14 bits per heavy atom. The lowest BCUT2D eigenvalue weighted by atomic mass is 10.2. The van der Waals surface area contributed by atoms with E-state index in [-0.39, 0.29) is 5.91 Å². The van der Waals surface area contributed by atoms with Crippen molar-refractivity contribution in [1.29, 1.82) is 0 Å². The summed E-state index contributed by atoms with van der Waals surface area (Å²) < 4.78 is 0. The van der Waals surface area contributed by atoms with Crippen molar-refractivity contribution >= 4 is 17.5 Å². The van der Waals surface area contributed by atoms with E-state index in [2.05, 4.69) is 27.5 Å². The smallest absolute Gasteiger partial charge is 0.254 e. The van der Waals surface area contributed by atoms with Crippen molar-refractivity contribution in [2.75, 3.05) is 11.9 Å². The number of unbranched alkanes of at least 4 members (excludes halogenated alkanes) is 2. The SMILES string of the molecule is CCCCCNC(=O)c1cnc(Nc2ccccc2C)nc1. The fourth-order valence-corrected chi connectivity index (χ4v) is 2.02. The number of benzene rings is 1. The monoisotopic (exact) mass is 298 g/mol. The zero-order chi connectivity index (χ0) is 15.8. The standard InChI is InChI=1S/C17H22N4O/c1-3-4-7-10-18-16(22)14-11-19-17(20-12-14)21-15-9-6-5-8-13(15)2/h5-6,8-9,11-12H,3-4,7,10H2,1-2H3,(H,18,22)(H,19,20,21). The summed E-state index contributed by atoms with van der Waals surface area (Å²) in [5.41, 5.74) is 2.55. The quantitative estimate of drug-likeness (QED) is 0.768. The molecular weight excluding hydrogens is 276 g/mol. The van der Waals surface area contributed by atoms with E-state index >= 15 is 0 Å². The Balaban J connectivity index is 1.92. The number of aryl methyl sites for hydroxylation is 1. The van der Waals surface area contributed by atoms with Gasteiger partial charge in [0.15, 0.2) is 0 Å². The Morgan fingerprint density at radius 3 is 2.55 bits per heavy atom. The molecule has 1 amide bonds. The first-order valence-corrected chi connectivity index (χ1v) is 7.63. The molecule has 5 heteroatoms. The predicted molar refractivity (Wildman–Crippen MR) is 88.4 cm³/mol. The Hall–Kier alpha value is -2.43. The van der Waals surface area contributed by atoms with Gasteiger partial charge in [-0.05, 0) is 25.0 Å². The number of carbonyl (C=O) groups is 1. The highest BCUT2D eigenvalue weighted by Gasteiger charge is 2.07. The maximum atomic E-state index is 11.9. The first-order valence-electron chi connectivity index (χ1n) is 7.63. The number of hydrogen-bond acceptors (Lipinski definition) is 4. The zero-order valence-electron chi connectivity index (χ0n) is 13.1. The van der Waals surface area contributed by atoms with E-state index in [0.29, 0.717) is 18.1 Å². The number of amides is 1. The molecule has 0 atom stereocenters. The zero-order valence-corrected chi connectivity index (χ0v) is 13.1. The lowest BCUT2D eigenvalue weighted by Gasteiger charge is -2.08. The van der Waals surface area contributed by atoms with Crippen molar-refractivity contribution in [1.82, 2.24) is 15.3 Å². The molecule has 0 aliphatic heterocycles. The van der Waals surface area contributed by atoms with Crippen LogP contribution in [0.3, 0.4) is 0 Å². The summed E-state index contributed by atoms with van der Waals surface area (Å²) in [7, 11) is 0. The van der Waals surface area contributed by atoms with Gasteiger partial charge in [0.25, 0.3) is 5.91 Å². The van der Waals surface area contributed by atoms with Crippen LogP contribution in [0.15, 0.2) is 36.7 Å². The average Bonchev–Trinajstić information content (AvgIpc) is 2.54. The first kappa shape index (κ1) is 15.9. The van der Waals surface area contributed by atoms with Gasteiger partial charge in [0.05, 0.1) is 5.56 Å². The second-order valence-electron chi connectivity index (χ2n) is 5.20. The van der Waals surface area contributed by atoms with Crippen LogP contribution in [-0.2, 0) is 0 Å². The Kier molecular flexibility index (Phi) is 5.89. The third kappa shape index (κ3) is 4.55. The van der Waals surface area contributed by atoms with Crippen LogP contribution in [0.1, 0.15) is 42.1 Å². The van der Waals surface area contributed by atoms with Crippen molar-refractivity contribution < 1.29 is 4.79 Å². The topological polar surface area (TPSA) is 66.9 Å². The Labute approximate surface area is 131 Å². The number of carbonyl (C=O) groups excluding carboxylic acids is 1. The van der Waals surface area contributed by atoms with Crippen molar-refractivity contribution in [2.45, 2.75) is 33.1 Å². The van der Waals surface area contributed by atoms with Gasteiger partial charge in [-0.2, -0.15) is 0 Å². The molecule has 0 aliphatic carbocycles. The van der Waals surface area contributed by atoms with Crippen LogP contribution in [0.2, 0.25) is 0 Å². The number of aromatic nitrogens is 2. The van der Waals surface area contributed by atoms with E-state index in [4.69, 9.17) is 0 Å². The molecular formula is C17H22N4O. The van der Waals surface area contributed by atoms with Crippen LogP contribution in [0.25, 0.3) is 0 Å². The second kappa shape index (κ2) is 8.12. The van der Waals surface area contributed by atoms with Gasteiger partial charge in [-0.25, -0.2) is 9.97 Å². The molecule has 0 fully saturated rings. The number of anilines is 2. The summed E-state index contributed by atoms with van der Waals surface area (Å²) >= 11 is 0. The molecule has 5 nitrogen and oxygen atoms in total. The molecule has 1 aromatic carbocycles. The van der Waals surface area contributed by atoms with Crippen LogP contribution >= 0.6 is 0 Å². The first-order chi connectivity index (χ1) is 10.7. The molecule has 1 aromatic heterocycles. The van der Waals surface area contributed by atoms with Crippen molar-refractivity contribution in [2.24, 2.45) is 0 Å². The van der Waals surface area contributed by atoms with Crippen molar-refractivity contribution in [3.8, 4) is 0 Å². The molecule has 0 bridgehead atoms. The average molecular weight is 298 g/mol. The van der Waals surface area contributed by atoms with Gasteiger partial charge in [0.2, 0.25) is 5.95 Å². The van der Waals surface area contributed by atoms with Crippen LogP contribution in [0.4, 0.5) is 11.6 Å². The maximum absolute atomic E-state index is 11.9. The summed E-state index contributed by atoms with van der Waals surface area (Å²) in [4.78, 5) is 20.3. The number of nitrogens with one attached hydrogen (secondary N) is 2. The highest BCUT2D eigenvalue weighted by molar-refractivity contribution is 5.93. The van der Waals surface area contributed by atoms with Gasteiger partial charge in [-0.1, -0.05) is 38.0 Å². The number of rotatable bonds is 7. The predicted octanol–water partition coefficient (Wildman–Crippen LogP) is 3.45.